The van der Waals surface area contributed by atoms with Crippen LogP contribution < -0.4 is 0 Å². The van der Waals surface area contributed by atoms with Crippen LogP contribution in [0.15, 0.2) is 35.7 Å². The Hall–Kier alpha value is -1.94. The maximum Gasteiger partial charge on any atom is 0.255 e. The van der Waals surface area contributed by atoms with Crippen molar-refractivity contribution >= 4 is 23.0 Å². The lowest BCUT2D eigenvalue weighted by Crippen LogP contribution is -2.30. The summed E-state index contributed by atoms with van der Waals surface area (Å²) in [4.78, 5) is 26.8. The number of carbonyl (C=O) groups excluding carboxylic acids is 2. The smallest absolute Gasteiger partial charge is 0.255 e. The monoisotopic (exact) mass is 313 g/mol. The molecule has 4 heteroatoms. The number of hydrogen-bond acceptors (Lipinski definition) is 3. The number of ketones is 1. The van der Waals surface area contributed by atoms with E-state index in [2.05, 4.69) is 19.1 Å². The van der Waals surface area contributed by atoms with E-state index in [9.17, 15) is 9.59 Å². The maximum atomic E-state index is 12.8. The van der Waals surface area contributed by atoms with Gasteiger partial charge in [-0.15, -0.1) is 11.3 Å². The molecule has 1 unspecified atom stereocenters. The summed E-state index contributed by atoms with van der Waals surface area (Å²) in [5.41, 5.74) is 3.09. The van der Waals surface area contributed by atoms with E-state index in [0.29, 0.717) is 10.4 Å². The van der Waals surface area contributed by atoms with Crippen molar-refractivity contribution in [2.24, 2.45) is 0 Å². The number of Topliss-reactive ketones (excluding diaryl/α,β-unsaturated/α-hetero) is 1. The lowest BCUT2D eigenvalue weighted by Gasteiger charge is -2.26. The highest BCUT2D eigenvalue weighted by atomic mass is 32.1. The molecule has 0 radical (unpaired) electrons. The molecule has 0 N–H and O–H groups in total. The first kappa shape index (κ1) is 15.0. The van der Waals surface area contributed by atoms with Crippen LogP contribution in [0.2, 0.25) is 0 Å². The minimum atomic E-state index is 0.0147. The van der Waals surface area contributed by atoms with E-state index in [-0.39, 0.29) is 17.7 Å². The van der Waals surface area contributed by atoms with Crippen molar-refractivity contribution in [3.63, 3.8) is 0 Å². The molecule has 1 aromatic carbocycles. The first-order valence-electron chi connectivity index (χ1n) is 7.54. The zero-order valence-electron chi connectivity index (χ0n) is 12.8. The lowest BCUT2D eigenvalue weighted by atomic mass is 9.99. The number of benzene rings is 1. The van der Waals surface area contributed by atoms with E-state index in [1.54, 1.807) is 11.4 Å². The topological polar surface area (TPSA) is 37.4 Å². The van der Waals surface area contributed by atoms with Gasteiger partial charge in [0.2, 0.25) is 0 Å². The Morgan fingerprint density at radius 3 is 2.73 bits per heavy atom. The van der Waals surface area contributed by atoms with Crippen molar-refractivity contribution in [1.82, 2.24) is 4.90 Å². The average molecular weight is 313 g/mol. The van der Waals surface area contributed by atoms with Gasteiger partial charge in [-0.2, -0.15) is 0 Å². The molecule has 22 heavy (non-hydrogen) atoms. The normalized spacial score (nSPS) is 17.7. The van der Waals surface area contributed by atoms with Crippen LogP contribution in [0.3, 0.4) is 0 Å². The molecule has 2 heterocycles. The van der Waals surface area contributed by atoms with E-state index >= 15 is 0 Å². The van der Waals surface area contributed by atoms with Gasteiger partial charge in [-0.05, 0) is 43.9 Å². The van der Waals surface area contributed by atoms with Gasteiger partial charge in [0.05, 0.1) is 16.5 Å². The molecule has 3 nitrogen and oxygen atoms in total. The van der Waals surface area contributed by atoms with Crippen molar-refractivity contribution in [3.05, 3.63) is 57.3 Å². The average Bonchev–Trinajstić information content (AvgIpc) is 3.16. The predicted molar refractivity (Wildman–Crippen MR) is 88.5 cm³/mol. The second-order valence-corrected chi connectivity index (χ2v) is 6.68. The summed E-state index contributed by atoms with van der Waals surface area (Å²) >= 11 is 1.35. The van der Waals surface area contributed by atoms with Crippen LogP contribution in [-0.2, 0) is 0 Å². The van der Waals surface area contributed by atoms with Gasteiger partial charge < -0.3 is 4.90 Å². The molecule has 0 spiro atoms. The van der Waals surface area contributed by atoms with Gasteiger partial charge in [0.1, 0.15) is 0 Å². The van der Waals surface area contributed by atoms with Crippen molar-refractivity contribution < 1.29 is 9.59 Å². The van der Waals surface area contributed by atoms with Crippen LogP contribution in [-0.4, -0.2) is 23.1 Å². The second kappa shape index (κ2) is 6.05. The van der Waals surface area contributed by atoms with Crippen LogP contribution in [0.1, 0.15) is 57.0 Å². The summed E-state index contributed by atoms with van der Waals surface area (Å²) in [6.45, 7) is 4.41. The van der Waals surface area contributed by atoms with Crippen molar-refractivity contribution in [2.75, 3.05) is 6.54 Å². The van der Waals surface area contributed by atoms with Gasteiger partial charge in [0.25, 0.3) is 5.91 Å². The molecule has 1 aliphatic rings. The Bertz CT molecular complexity index is 719. The van der Waals surface area contributed by atoms with Gasteiger partial charge in [0, 0.05) is 11.9 Å². The molecule has 0 bridgehead atoms. The fraction of sp³-hybridized carbons (Fsp3) is 0.333. The SMILES string of the molecule is CC(=O)c1cc(C(=O)N2CCCC2c2ccccc2C)cs1. The van der Waals surface area contributed by atoms with Gasteiger partial charge >= 0.3 is 0 Å². The molecule has 0 aliphatic carbocycles. The second-order valence-electron chi connectivity index (χ2n) is 5.77. The Balaban J connectivity index is 1.88. The van der Waals surface area contributed by atoms with Crippen LogP contribution in [0.4, 0.5) is 0 Å². The summed E-state index contributed by atoms with van der Waals surface area (Å²) < 4.78 is 0. The Morgan fingerprint density at radius 1 is 1.27 bits per heavy atom. The lowest BCUT2D eigenvalue weighted by molar-refractivity contribution is 0.0736. The van der Waals surface area contributed by atoms with Crippen LogP contribution in [0.5, 0.6) is 0 Å². The van der Waals surface area contributed by atoms with E-state index in [1.165, 1.54) is 29.4 Å². The van der Waals surface area contributed by atoms with Crippen molar-refractivity contribution in [1.29, 1.82) is 0 Å². The quantitative estimate of drug-likeness (QED) is 0.795. The molecule has 1 saturated heterocycles. The molecule has 1 atom stereocenters. The maximum absolute atomic E-state index is 12.8. The van der Waals surface area contributed by atoms with Crippen molar-refractivity contribution in [2.45, 2.75) is 32.7 Å². The first-order valence-corrected chi connectivity index (χ1v) is 8.42. The Kier molecular flexibility index (Phi) is 4.12. The van der Waals surface area contributed by atoms with Gasteiger partial charge in [0.15, 0.2) is 5.78 Å². The summed E-state index contributed by atoms with van der Waals surface area (Å²) in [7, 11) is 0. The fourth-order valence-electron chi connectivity index (χ4n) is 3.09. The fourth-order valence-corrected chi connectivity index (χ4v) is 3.88. The Labute approximate surface area is 134 Å². The standard InChI is InChI=1S/C18H19NO2S/c1-12-6-3-4-7-15(12)16-8-5-9-19(16)18(21)14-10-17(13(2)20)22-11-14/h3-4,6-7,10-11,16H,5,8-9H2,1-2H3. The third kappa shape index (κ3) is 2.71. The first-order chi connectivity index (χ1) is 10.6. The van der Waals surface area contributed by atoms with E-state index in [1.807, 2.05) is 17.0 Å². The highest BCUT2D eigenvalue weighted by Gasteiger charge is 2.31. The highest BCUT2D eigenvalue weighted by Crippen LogP contribution is 2.35. The van der Waals surface area contributed by atoms with E-state index < -0.39 is 0 Å². The molecule has 114 valence electrons. The summed E-state index contributed by atoms with van der Waals surface area (Å²) in [6.07, 6.45) is 2.02. The molecular weight excluding hydrogens is 294 g/mol. The van der Waals surface area contributed by atoms with Gasteiger partial charge in [-0.3, -0.25) is 9.59 Å². The highest BCUT2D eigenvalue weighted by molar-refractivity contribution is 7.12. The van der Waals surface area contributed by atoms with E-state index in [0.717, 1.165) is 19.4 Å². The van der Waals surface area contributed by atoms with Gasteiger partial charge in [-0.25, -0.2) is 0 Å². The number of thiophene rings is 1. The minimum Gasteiger partial charge on any atom is -0.332 e. The van der Waals surface area contributed by atoms with Crippen LogP contribution >= 0.6 is 11.3 Å². The summed E-state index contributed by atoms with van der Waals surface area (Å²) in [5.74, 6) is 0.0513. The molecule has 2 aromatic rings. The number of likely N-dealkylation sites (tertiary alicyclic amines) is 1. The Morgan fingerprint density at radius 2 is 2.05 bits per heavy atom. The molecule has 0 saturated carbocycles. The third-order valence-corrected chi connectivity index (χ3v) is 5.29. The van der Waals surface area contributed by atoms with E-state index in [4.69, 9.17) is 0 Å². The molecular formula is C18H19NO2S. The van der Waals surface area contributed by atoms with Crippen molar-refractivity contribution in [3.8, 4) is 0 Å². The predicted octanol–water partition coefficient (Wildman–Crippen LogP) is 4.24. The number of aryl methyl sites for hydroxylation is 1. The number of nitrogens with zero attached hydrogens (tertiary/aromatic N) is 1. The molecule has 1 aromatic heterocycles. The van der Waals surface area contributed by atoms with Gasteiger partial charge in [-0.1, -0.05) is 24.3 Å². The summed E-state index contributed by atoms with van der Waals surface area (Å²) in [6, 6.07) is 10.1. The zero-order valence-corrected chi connectivity index (χ0v) is 13.7. The number of rotatable bonds is 3. The number of hydrogen-bond donors (Lipinski definition) is 0. The minimum absolute atomic E-state index is 0.0147. The zero-order chi connectivity index (χ0) is 15.7. The van der Waals surface area contributed by atoms with Crippen LogP contribution in [0.25, 0.3) is 0 Å². The molecule has 1 fully saturated rings. The number of carbonyl (C=O) groups is 2. The molecule has 3 rings (SSSR count). The molecule has 1 aliphatic heterocycles. The van der Waals surface area contributed by atoms with Crippen LogP contribution in [0, 0.1) is 6.92 Å². The largest absolute Gasteiger partial charge is 0.332 e. The third-order valence-electron chi connectivity index (χ3n) is 4.25. The number of amides is 1. The summed E-state index contributed by atoms with van der Waals surface area (Å²) in [5, 5.41) is 1.80. The molecule has 1 amide bonds.